The number of nitrogen functional groups attached to an aromatic ring is 1. The molecule has 3 N–H and O–H groups in total. The lowest BCUT2D eigenvalue weighted by Gasteiger charge is -2.08. The summed E-state index contributed by atoms with van der Waals surface area (Å²) in [7, 11) is 1.61. The number of anilines is 2. The smallest absolute Gasteiger partial charge is 0.273 e. The Kier molecular flexibility index (Phi) is 4.05. The van der Waals surface area contributed by atoms with Crippen molar-refractivity contribution in [1.82, 2.24) is 0 Å². The first-order valence-corrected chi connectivity index (χ1v) is 6.00. The van der Waals surface area contributed by atoms with Crippen LogP contribution in [0.4, 0.5) is 17.1 Å². The number of nitrogens with one attached hydrogen (secondary N) is 1. The maximum atomic E-state index is 10.8. The maximum Gasteiger partial charge on any atom is 0.273 e. The van der Waals surface area contributed by atoms with Crippen molar-refractivity contribution in [3.05, 3.63) is 58.1 Å². The summed E-state index contributed by atoms with van der Waals surface area (Å²) in [5, 5.41) is 13.9. The zero-order chi connectivity index (χ0) is 14.5. The summed E-state index contributed by atoms with van der Waals surface area (Å²) in [6.45, 7) is 0.546. The molecule has 0 spiro atoms. The zero-order valence-corrected chi connectivity index (χ0v) is 11.0. The number of methoxy groups -OCH3 is 1. The molecule has 20 heavy (non-hydrogen) atoms. The highest BCUT2D eigenvalue weighted by atomic mass is 16.6. The molecule has 0 fully saturated rings. The fourth-order valence-corrected chi connectivity index (χ4v) is 1.79. The predicted molar refractivity (Wildman–Crippen MR) is 77.8 cm³/mol. The van der Waals surface area contributed by atoms with E-state index in [4.69, 9.17) is 10.5 Å². The molecule has 0 saturated heterocycles. The lowest BCUT2D eigenvalue weighted by atomic mass is 10.2. The molecule has 0 aromatic heterocycles. The van der Waals surface area contributed by atoms with Crippen LogP contribution < -0.4 is 15.8 Å². The molecule has 0 amide bonds. The van der Waals surface area contributed by atoms with Gasteiger partial charge in [-0.05, 0) is 23.8 Å². The van der Waals surface area contributed by atoms with Gasteiger partial charge in [0.1, 0.15) is 5.75 Å². The monoisotopic (exact) mass is 273 g/mol. The number of non-ortho nitro benzene ring substituents is 1. The molecule has 0 aliphatic carbocycles. The van der Waals surface area contributed by atoms with E-state index in [0.717, 1.165) is 11.3 Å². The van der Waals surface area contributed by atoms with E-state index in [-0.39, 0.29) is 5.69 Å². The molecule has 2 aromatic carbocycles. The van der Waals surface area contributed by atoms with Gasteiger partial charge in [0.05, 0.1) is 12.0 Å². The van der Waals surface area contributed by atoms with Crippen molar-refractivity contribution in [2.24, 2.45) is 0 Å². The molecule has 6 heteroatoms. The Hall–Kier alpha value is -2.76. The molecular formula is C14H15N3O3. The summed E-state index contributed by atoms with van der Waals surface area (Å²) >= 11 is 0. The number of hydrogen-bond donors (Lipinski definition) is 2. The third-order valence-corrected chi connectivity index (χ3v) is 2.81. The first kappa shape index (κ1) is 13.7. The summed E-state index contributed by atoms with van der Waals surface area (Å²) in [6, 6.07) is 12.0. The van der Waals surface area contributed by atoms with Crippen LogP contribution in [0, 0.1) is 10.1 Å². The third-order valence-electron chi connectivity index (χ3n) is 2.81. The van der Waals surface area contributed by atoms with E-state index in [1.54, 1.807) is 13.2 Å². The van der Waals surface area contributed by atoms with Crippen molar-refractivity contribution < 1.29 is 9.66 Å². The van der Waals surface area contributed by atoms with Gasteiger partial charge in [0.25, 0.3) is 5.69 Å². The van der Waals surface area contributed by atoms with Crippen molar-refractivity contribution in [3.63, 3.8) is 0 Å². The van der Waals surface area contributed by atoms with Crippen LogP contribution in [-0.4, -0.2) is 12.0 Å². The molecule has 2 aromatic rings. The summed E-state index contributed by atoms with van der Waals surface area (Å²) in [5.41, 5.74) is 7.63. The first-order chi connectivity index (χ1) is 9.58. The number of nitro benzene ring substituents is 1. The number of benzene rings is 2. The fraction of sp³-hybridized carbons (Fsp3) is 0.143. The Labute approximate surface area is 116 Å². The standard InChI is InChI=1S/C14H15N3O3/c1-20-14-4-2-10(3-5-14)9-16-12-6-11(15)7-13(8-12)17(18)19/h2-8,16H,9,15H2,1H3. The van der Waals surface area contributed by atoms with Gasteiger partial charge in [0.2, 0.25) is 0 Å². The zero-order valence-electron chi connectivity index (χ0n) is 11.0. The van der Waals surface area contributed by atoms with Crippen LogP contribution in [0.1, 0.15) is 5.56 Å². The van der Waals surface area contributed by atoms with E-state index in [9.17, 15) is 10.1 Å². The number of ether oxygens (including phenoxy) is 1. The Bertz CT molecular complexity index is 612. The van der Waals surface area contributed by atoms with Gasteiger partial charge in [-0.1, -0.05) is 12.1 Å². The number of nitro groups is 1. The largest absolute Gasteiger partial charge is 0.497 e. The molecule has 0 unspecified atom stereocenters. The van der Waals surface area contributed by atoms with Crippen LogP contribution in [0.25, 0.3) is 0 Å². The first-order valence-electron chi connectivity index (χ1n) is 6.00. The van der Waals surface area contributed by atoms with E-state index < -0.39 is 4.92 Å². The van der Waals surface area contributed by atoms with Gasteiger partial charge >= 0.3 is 0 Å². The van der Waals surface area contributed by atoms with E-state index in [1.165, 1.54) is 12.1 Å². The lowest BCUT2D eigenvalue weighted by Crippen LogP contribution is -2.01. The molecular weight excluding hydrogens is 258 g/mol. The van der Waals surface area contributed by atoms with Gasteiger partial charge in [0.15, 0.2) is 0 Å². The predicted octanol–water partition coefficient (Wildman–Crippen LogP) is 2.80. The summed E-state index contributed by atoms with van der Waals surface area (Å²) in [6.07, 6.45) is 0. The average molecular weight is 273 g/mol. The second kappa shape index (κ2) is 5.92. The number of nitrogens with two attached hydrogens (primary N) is 1. The number of rotatable bonds is 5. The lowest BCUT2D eigenvalue weighted by molar-refractivity contribution is -0.384. The minimum absolute atomic E-state index is 0.0257. The van der Waals surface area contributed by atoms with Crippen molar-refractivity contribution in [1.29, 1.82) is 0 Å². The van der Waals surface area contributed by atoms with Gasteiger partial charge in [-0.15, -0.1) is 0 Å². The molecule has 0 heterocycles. The van der Waals surface area contributed by atoms with E-state index in [1.807, 2.05) is 24.3 Å². The topological polar surface area (TPSA) is 90.4 Å². The molecule has 104 valence electrons. The average Bonchev–Trinajstić information content (AvgIpc) is 2.45. The van der Waals surface area contributed by atoms with Crippen LogP contribution >= 0.6 is 0 Å². The van der Waals surface area contributed by atoms with Gasteiger partial charge in [-0.2, -0.15) is 0 Å². The highest BCUT2D eigenvalue weighted by Crippen LogP contribution is 2.23. The SMILES string of the molecule is COc1ccc(CNc2cc(N)cc([N+](=O)[O-])c2)cc1. The van der Waals surface area contributed by atoms with Gasteiger partial charge in [0, 0.05) is 30.1 Å². The Morgan fingerprint density at radius 1 is 1.25 bits per heavy atom. The summed E-state index contributed by atoms with van der Waals surface area (Å²) in [5.74, 6) is 0.786. The molecule has 2 rings (SSSR count). The van der Waals surface area contributed by atoms with Crippen molar-refractivity contribution in [2.45, 2.75) is 6.54 Å². The van der Waals surface area contributed by atoms with Crippen molar-refractivity contribution in [2.75, 3.05) is 18.2 Å². The summed E-state index contributed by atoms with van der Waals surface area (Å²) in [4.78, 5) is 10.3. The molecule has 0 bridgehead atoms. The Morgan fingerprint density at radius 2 is 1.95 bits per heavy atom. The quantitative estimate of drug-likeness (QED) is 0.496. The van der Waals surface area contributed by atoms with Crippen LogP contribution in [0.3, 0.4) is 0 Å². The highest BCUT2D eigenvalue weighted by Gasteiger charge is 2.08. The Morgan fingerprint density at radius 3 is 2.55 bits per heavy atom. The van der Waals surface area contributed by atoms with Crippen LogP contribution in [0.5, 0.6) is 5.75 Å². The second-order valence-electron chi connectivity index (χ2n) is 4.27. The number of nitrogens with zero attached hydrogens (tertiary/aromatic N) is 1. The van der Waals surface area contributed by atoms with Crippen molar-refractivity contribution in [3.8, 4) is 5.75 Å². The van der Waals surface area contributed by atoms with E-state index in [0.29, 0.717) is 17.9 Å². The molecule has 0 saturated carbocycles. The van der Waals surface area contributed by atoms with Crippen LogP contribution in [-0.2, 0) is 6.54 Å². The van der Waals surface area contributed by atoms with Crippen molar-refractivity contribution >= 4 is 17.1 Å². The normalized spacial score (nSPS) is 10.1. The summed E-state index contributed by atoms with van der Waals surface area (Å²) < 4.78 is 5.08. The minimum Gasteiger partial charge on any atom is -0.497 e. The second-order valence-corrected chi connectivity index (χ2v) is 4.27. The molecule has 0 radical (unpaired) electrons. The van der Waals surface area contributed by atoms with Crippen LogP contribution in [0.15, 0.2) is 42.5 Å². The van der Waals surface area contributed by atoms with Crippen LogP contribution in [0.2, 0.25) is 0 Å². The third kappa shape index (κ3) is 3.38. The fourth-order valence-electron chi connectivity index (χ4n) is 1.79. The Balaban J connectivity index is 2.08. The van der Waals surface area contributed by atoms with Gasteiger partial charge in [-0.3, -0.25) is 10.1 Å². The molecule has 6 nitrogen and oxygen atoms in total. The molecule has 0 aliphatic rings. The molecule has 0 aliphatic heterocycles. The molecule has 0 atom stereocenters. The highest BCUT2D eigenvalue weighted by molar-refractivity contribution is 5.61. The van der Waals surface area contributed by atoms with Gasteiger partial charge < -0.3 is 15.8 Å². The van der Waals surface area contributed by atoms with Gasteiger partial charge in [-0.25, -0.2) is 0 Å². The van der Waals surface area contributed by atoms with E-state index >= 15 is 0 Å². The number of hydrogen-bond acceptors (Lipinski definition) is 5. The minimum atomic E-state index is -0.463. The maximum absolute atomic E-state index is 10.8. The van der Waals surface area contributed by atoms with E-state index in [2.05, 4.69) is 5.32 Å².